The van der Waals surface area contributed by atoms with Crippen molar-refractivity contribution in [2.24, 2.45) is 5.41 Å². The molecular weight excluding hydrogens is 180 g/mol. The lowest BCUT2D eigenvalue weighted by molar-refractivity contribution is 0.315. The van der Waals surface area contributed by atoms with E-state index in [1.807, 2.05) is 0 Å². The standard InChI is InChI=1S/C10H20N2S/c1-7(10(2,3)4)11-9(13)12-8-5-6-8/h7-8H,5-6H2,1-4H3,(H2,11,12,13). The van der Waals surface area contributed by atoms with E-state index in [4.69, 9.17) is 12.2 Å². The molecule has 13 heavy (non-hydrogen) atoms. The van der Waals surface area contributed by atoms with Gasteiger partial charge < -0.3 is 10.6 Å². The minimum Gasteiger partial charge on any atom is -0.360 e. The van der Waals surface area contributed by atoms with E-state index in [0.29, 0.717) is 12.1 Å². The van der Waals surface area contributed by atoms with Gasteiger partial charge in [0, 0.05) is 12.1 Å². The largest absolute Gasteiger partial charge is 0.360 e. The first kappa shape index (κ1) is 10.8. The van der Waals surface area contributed by atoms with Crippen molar-refractivity contribution >= 4 is 17.3 Å². The van der Waals surface area contributed by atoms with Gasteiger partial charge in [-0.25, -0.2) is 0 Å². The van der Waals surface area contributed by atoms with Crippen molar-refractivity contribution < 1.29 is 0 Å². The lowest BCUT2D eigenvalue weighted by Crippen LogP contribution is -2.46. The second-order valence-corrected chi connectivity index (χ2v) is 5.39. The molecule has 0 saturated heterocycles. The Labute approximate surface area is 86.5 Å². The Morgan fingerprint density at radius 3 is 2.31 bits per heavy atom. The van der Waals surface area contributed by atoms with Crippen molar-refractivity contribution in [3.05, 3.63) is 0 Å². The molecule has 0 aromatic heterocycles. The Morgan fingerprint density at radius 2 is 1.92 bits per heavy atom. The number of rotatable bonds is 2. The van der Waals surface area contributed by atoms with E-state index in [1.165, 1.54) is 12.8 Å². The van der Waals surface area contributed by atoms with E-state index in [2.05, 4.69) is 38.3 Å². The molecule has 0 spiro atoms. The smallest absolute Gasteiger partial charge is 0.166 e. The Balaban J connectivity index is 2.25. The van der Waals surface area contributed by atoms with E-state index in [-0.39, 0.29) is 5.41 Å². The van der Waals surface area contributed by atoms with Gasteiger partial charge in [0.05, 0.1) is 0 Å². The summed E-state index contributed by atoms with van der Waals surface area (Å²) in [5.41, 5.74) is 0.259. The second-order valence-electron chi connectivity index (χ2n) is 4.98. The molecule has 76 valence electrons. The summed E-state index contributed by atoms with van der Waals surface area (Å²) in [5, 5.41) is 7.40. The third kappa shape index (κ3) is 3.94. The van der Waals surface area contributed by atoms with E-state index in [0.717, 1.165) is 5.11 Å². The molecule has 2 nitrogen and oxygen atoms in total. The lowest BCUT2D eigenvalue weighted by Gasteiger charge is -2.29. The number of hydrogen-bond donors (Lipinski definition) is 2. The highest BCUT2D eigenvalue weighted by Crippen LogP contribution is 2.20. The SMILES string of the molecule is CC(NC(=S)NC1CC1)C(C)(C)C. The van der Waals surface area contributed by atoms with Crippen LogP contribution in [0, 0.1) is 5.41 Å². The van der Waals surface area contributed by atoms with Gasteiger partial charge in [-0.3, -0.25) is 0 Å². The summed E-state index contributed by atoms with van der Waals surface area (Å²) in [7, 11) is 0. The molecule has 0 radical (unpaired) electrons. The molecular formula is C10H20N2S. The van der Waals surface area contributed by atoms with E-state index < -0.39 is 0 Å². The van der Waals surface area contributed by atoms with Crippen molar-refractivity contribution in [1.82, 2.24) is 10.6 Å². The summed E-state index contributed by atoms with van der Waals surface area (Å²) < 4.78 is 0. The summed E-state index contributed by atoms with van der Waals surface area (Å²) >= 11 is 5.19. The first-order valence-corrected chi connectivity index (χ1v) is 5.37. The summed E-state index contributed by atoms with van der Waals surface area (Å²) in [6.07, 6.45) is 2.54. The van der Waals surface area contributed by atoms with Crippen LogP contribution in [0.5, 0.6) is 0 Å². The molecule has 1 aliphatic rings. The monoisotopic (exact) mass is 200 g/mol. The van der Waals surface area contributed by atoms with Crippen LogP contribution in [0.4, 0.5) is 0 Å². The highest BCUT2D eigenvalue weighted by molar-refractivity contribution is 7.80. The predicted molar refractivity (Wildman–Crippen MR) is 60.8 cm³/mol. The zero-order valence-electron chi connectivity index (χ0n) is 8.98. The van der Waals surface area contributed by atoms with E-state index in [1.54, 1.807) is 0 Å². The molecule has 1 rings (SSSR count). The minimum atomic E-state index is 0.259. The molecule has 1 saturated carbocycles. The summed E-state index contributed by atoms with van der Waals surface area (Å²) in [5.74, 6) is 0. The van der Waals surface area contributed by atoms with Gasteiger partial charge in [0.2, 0.25) is 0 Å². The summed E-state index contributed by atoms with van der Waals surface area (Å²) in [4.78, 5) is 0. The van der Waals surface area contributed by atoms with Crippen LogP contribution in [0.1, 0.15) is 40.5 Å². The Kier molecular flexibility index (Phi) is 3.17. The van der Waals surface area contributed by atoms with Crippen LogP contribution in [0.2, 0.25) is 0 Å². The maximum absolute atomic E-state index is 5.19. The highest BCUT2D eigenvalue weighted by Gasteiger charge is 2.24. The van der Waals surface area contributed by atoms with Gasteiger partial charge >= 0.3 is 0 Å². The van der Waals surface area contributed by atoms with Crippen LogP contribution >= 0.6 is 12.2 Å². The minimum absolute atomic E-state index is 0.259. The summed E-state index contributed by atoms with van der Waals surface area (Å²) in [6, 6.07) is 1.05. The maximum atomic E-state index is 5.19. The van der Waals surface area contributed by atoms with Crippen LogP contribution in [-0.4, -0.2) is 17.2 Å². The van der Waals surface area contributed by atoms with Gasteiger partial charge in [-0.15, -0.1) is 0 Å². The third-order valence-electron chi connectivity index (χ3n) is 2.56. The van der Waals surface area contributed by atoms with Crippen molar-refractivity contribution in [1.29, 1.82) is 0 Å². The van der Waals surface area contributed by atoms with E-state index >= 15 is 0 Å². The molecule has 1 unspecified atom stereocenters. The fourth-order valence-corrected chi connectivity index (χ4v) is 1.21. The summed E-state index contributed by atoms with van der Waals surface area (Å²) in [6.45, 7) is 8.81. The molecule has 3 heteroatoms. The second kappa shape index (κ2) is 3.82. The topological polar surface area (TPSA) is 24.1 Å². The molecule has 0 heterocycles. The van der Waals surface area contributed by atoms with Crippen molar-refractivity contribution in [2.45, 2.75) is 52.6 Å². The Bertz CT molecular complexity index is 192. The van der Waals surface area contributed by atoms with Crippen molar-refractivity contribution in [3.8, 4) is 0 Å². The fourth-order valence-electron chi connectivity index (χ4n) is 0.868. The molecule has 2 N–H and O–H groups in total. The maximum Gasteiger partial charge on any atom is 0.166 e. The van der Waals surface area contributed by atoms with Crippen LogP contribution in [0.15, 0.2) is 0 Å². The zero-order chi connectivity index (χ0) is 10.1. The number of hydrogen-bond acceptors (Lipinski definition) is 1. The molecule has 0 aromatic rings. The predicted octanol–water partition coefficient (Wildman–Crippen LogP) is 2.05. The molecule has 1 atom stereocenters. The normalized spacial score (nSPS) is 19.4. The van der Waals surface area contributed by atoms with Crippen LogP contribution in [0.3, 0.4) is 0 Å². The van der Waals surface area contributed by atoms with Gasteiger partial charge in [-0.05, 0) is 37.4 Å². The Hall–Kier alpha value is -0.310. The Morgan fingerprint density at radius 1 is 1.38 bits per heavy atom. The number of nitrogens with one attached hydrogen (secondary N) is 2. The van der Waals surface area contributed by atoms with Gasteiger partial charge in [0.25, 0.3) is 0 Å². The van der Waals surface area contributed by atoms with Crippen LogP contribution in [0.25, 0.3) is 0 Å². The van der Waals surface area contributed by atoms with Crippen molar-refractivity contribution in [2.75, 3.05) is 0 Å². The quantitative estimate of drug-likeness (QED) is 0.667. The molecule has 0 amide bonds. The van der Waals surface area contributed by atoms with Gasteiger partial charge in [0.15, 0.2) is 5.11 Å². The zero-order valence-corrected chi connectivity index (χ0v) is 9.79. The van der Waals surface area contributed by atoms with Gasteiger partial charge in [-0.2, -0.15) is 0 Å². The van der Waals surface area contributed by atoms with Crippen molar-refractivity contribution in [3.63, 3.8) is 0 Å². The van der Waals surface area contributed by atoms with E-state index in [9.17, 15) is 0 Å². The third-order valence-corrected chi connectivity index (χ3v) is 2.79. The highest BCUT2D eigenvalue weighted by atomic mass is 32.1. The molecule has 1 fully saturated rings. The number of thiocarbonyl (C=S) groups is 1. The molecule has 1 aliphatic carbocycles. The first-order valence-electron chi connectivity index (χ1n) is 4.96. The average molecular weight is 200 g/mol. The molecule has 0 aromatic carbocycles. The molecule has 0 bridgehead atoms. The first-order chi connectivity index (χ1) is 5.89. The van der Waals surface area contributed by atoms with Gasteiger partial charge in [-0.1, -0.05) is 20.8 Å². The van der Waals surface area contributed by atoms with Crippen LogP contribution in [-0.2, 0) is 0 Å². The molecule has 0 aliphatic heterocycles. The lowest BCUT2D eigenvalue weighted by atomic mass is 9.88. The van der Waals surface area contributed by atoms with Gasteiger partial charge in [0.1, 0.15) is 0 Å². The average Bonchev–Trinajstić information content (AvgIpc) is 2.68. The fraction of sp³-hybridized carbons (Fsp3) is 0.900. The van der Waals surface area contributed by atoms with Crippen LogP contribution < -0.4 is 10.6 Å².